The number of carbonyl (C=O) groups is 1. The fourth-order valence-corrected chi connectivity index (χ4v) is 3.58. The number of hydrogen-bond acceptors (Lipinski definition) is 8. The Balaban J connectivity index is 1.39. The lowest BCUT2D eigenvalue weighted by Crippen LogP contribution is -2.49. The van der Waals surface area contributed by atoms with E-state index in [9.17, 15) is 4.79 Å². The zero-order chi connectivity index (χ0) is 17.9. The Labute approximate surface area is 154 Å². The minimum absolute atomic E-state index is 0.0571. The zero-order valence-electron chi connectivity index (χ0n) is 14.4. The molecule has 0 unspecified atom stereocenters. The molecule has 134 valence electrons. The van der Waals surface area contributed by atoms with E-state index < -0.39 is 0 Å². The summed E-state index contributed by atoms with van der Waals surface area (Å²) >= 11 is 1.32. The highest BCUT2D eigenvalue weighted by Crippen LogP contribution is 2.24. The van der Waals surface area contributed by atoms with Gasteiger partial charge in [-0.05, 0) is 19.1 Å². The summed E-state index contributed by atoms with van der Waals surface area (Å²) in [6.07, 6.45) is 1.62. The van der Waals surface area contributed by atoms with Crippen LogP contribution in [0, 0.1) is 6.92 Å². The second kappa shape index (κ2) is 7.30. The van der Waals surface area contributed by atoms with E-state index in [1.54, 1.807) is 11.8 Å². The van der Waals surface area contributed by atoms with Crippen LogP contribution in [0.15, 0.2) is 30.0 Å². The number of nitrogens with zero attached hydrogens (tertiary/aromatic N) is 6. The van der Waals surface area contributed by atoms with Gasteiger partial charge in [0.1, 0.15) is 17.7 Å². The second-order valence-electron chi connectivity index (χ2n) is 6.27. The Morgan fingerprint density at radius 1 is 1.23 bits per heavy atom. The van der Waals surface area contributed by atoms with Gasteiger partial charge in [-0.15, -0.1) is 10.2 Å². The van der Waals surface area contributed by atoms with E-state index in [1.807, 2.05) is 6.07 Å². The number of aromatic nitrogens is 4. The van der Waals surface area contributed by atoms with Crippen molar-refractivity contribution in [3.05, 3.63) is 35.6 Å². The van der Waals surface area contributed by atoms with Gasteiger partial charge in [-0.2, -0.15) is 0 Å². The first-order chi connectivity index (χ1) is 12.7. The number of aryl methyl sites for hydroxylation is 1. The summed E-state index contributed by atoms with van der Waals surface area (Å²) in [6, 6.07) is 6.23. The van der Waals surface area contributed by atoms with E-state index in [4.69, 9.17) is 0 Å². The molecular weight excluding hydrogens is 350 g/mol. The van der Waals surface area contributed by atoms with Crippen molar-refractivity contribution in [3.8, 4) is 0 Å². The number of benzene rings is 1. The van der Waals surface area contributed by atoms with Crippen molar-refractivity contribution in [2.45, 2.75) is 6.92 Å². The highest BCUT2D eigenvalue weighted by atomic mass is 32.1. The van der Waals surface area contributed by atoms with Crippen LogP contribution >= 0.6 is 11.3 Å². The van der Waals surface area contributed by atoms with Crippen molar-refractivity contribution in [2.75, 3.05) is 42.9 Å². The van der Waals surface area contributed by atoms with E-state index in [-0.39, 0.29) is 5.91 Å². The lowest BCUT2D eigenvalue weighted by molar-refractivity contribution is -0.117. The molecule has 1 N–H and O–H groups in total. The Morgan fingerprint density at radius 3 is 2.85 bits per heavy atom. The number of piperazine rings is 1. The van der Waals surface area contributed by atoms with Gasteiger partial charge in [0.25, 0.3) is 0 Å². The number of fused-ring (bicyclic) bond motifs is 1. The van der Waals surface area contributed by atoms with Gasteiger partial charge in [0.05, 0.1) is 12.1 Å². The lowest BCUT2D eigenvalue weighted by Gasteiger charge is -2.35. The fraction of sp³-hybridized carbons (Fsp3) is 0.353. The molecule has 8 nitrogen and oxygen atoms in total. The first-order valence-corrected chi connectivity index (χ1v) is 9.32. The number of rotatable bonds is 4. The predicted octanol–water partition coefficient (Wildman–Crippen LogP) is 1.55. The van der Waals surface area contributed by atoms with E-state index >= 15 is 0 Å². The van der Waals surface area contributed by atoms with Gasteiger partial charge in [-0.25, -0.2) is 9.97 Å². The zero-order valence-corrected chi connectivity index (χ0v) is 15.2. The normalized spacial score (nSPS) is 15.3. The van der Waals surface area contributed by atoms with Gasteiger partial charge < -0.3 is 4.90 Å². The van der Waals surface area contributed by atoms with Crippen LogP contribution in [0.4, 0.5) is 10.9 Å². The van der Waals surface area contributed by atoms with Gasteiger partial charge in [0, 0.05) is 31.6 Å². The second-order valence-corrected chi connectivity index (χ2v) is 7.11. The van der Waals surface area contributed by atoms with Crippen LogP contribution in [0.1, 0.15) is 5.56 Å². The lowest BCUT2D eigenvalue weighted by atomic mass is 10.1. The van der Waals surface area contributed by atoms with Crippen LogP contribution in [-0.4, -0.2) is 63.7 Å². The molecule has 0 bridgehead atoms. The SMILES string of the molecule is Cc1ccc2ncnc(N3CCN(CC(=O)Nc4nncs4)CC3)c2c1. The average Bonchev–Trinajstić information content (AvgIpc) is 3.15. The summed E-state index contributed by atoms with van der Waals surface area (Å²) < 4.78 is 0. The maximum absolute atomic E-state index is 12.1. The number of anilines is 2. The molecule has 0 saturated carbocycles. The minimum atomic E-state index is -0.0571. The van der Waals surface area contributed by atoms with E-state index in [0.29, 0.717) is 11.7 Å². The molecule has 0 atom stereocenters. The van der Waals surface area contributed by atoms with E-state index in [0.717, 1.165) is 42.9 Å². The maximum Gasteiger partial charge on any atom is 0.240 e. The molecule has 0 aliphatic carbocycles. The van der Waals surface area contributed by atoms with E-state index in [1.165, 1.54) is 16.9 Å². The third-order valence-electron chi connectivity index (χ3n) is 4.42. The highest BCUT2D eigenvalue weighted by Gasteiger charge is 2.21. The summed E-state index contributed by atoms with van der Waals surface area (Å²) in [5.74, 6) is 0.912. The first kappa shape index (κ1) is 16.8. The summed E-state index contributed by atoms with van der Waals surface area (Å²) in [5, 5.41) is 11.9. The molecule has 1 fully saturated rings. The van der Waals surface area contributed by atoms with Gasteiger partial charge >= 0.3 is 0 Å². The van der Waals surface area contributed by atoms with Crippen molar-refractivity contribution in [2.24, 2.45) is 0 Å². The predicted molar refractivity (Wildman–Crippen MR) is 101 cm³/mol. The quantitative estimate of drug-likeness (QED) is 0.746. The van der Waals surface area contributed by atoms with Crippen molar-refractivity contribution in [1.82, 2.24) is 25.1 Å². The topological polar surface area (TPSA) is 87.1 Å². The Morgan fingerprint density at radius 2 is 2.08 bits per heavy atom. The van der Waals surface area contributed by atoms with Crippen LogP contribution in [0.25, 0.3) is 10.9 Å². The fourth-order valence-electron chi connectivity index (χ4n) is 3.12. The molecule has 1 saturated heterocycles. The standard InChI is InChI=1S/C17H19N7OS/c1-12-2-3-14-13(8-12)16(19-10-18-14)24-6-4-23(5-7-24)9-15(25)21-17-22-20-11-26-17/h2-3,8,10-11H,4-7,9H2,1H3,(H,21,22,25). The third-order valence-corrected chi connectivity index (χ3v) is 5.02. The van der Waals surface area contributed by atoms with Gasteiger partial charge in [0.15, 0.2) is 0 Å². The molecular formula is C17H19N7OS. The van der Waals surface area contributed by atoms with Crippen LogP contribution < -0.4 is 10.2 Å². The molecule has 1 amide bonds. The Hall–Kier alpha value is -2.65. The summed E-state index contributed by atoms with van der Waals surface area (Å²) in [7, 11) is 0. The molecule has 2 aromatic heterocycles. The van der Waals surface area contributed by atoms with E-state index in [2.05, 4.69) is 54.3 Å². The summed E-state index contributed by atoms with van der Waals surface area (Å²) in [6.45, 7) is 5.70. The monoisotopic (exact) mass is 369 g/mol. The van der Waals surface area contributed by atoms with Crippen LogP contribution in [0.2, 0.25) is 0 Å². The smallest absolute Gasteiger partial charge is 0.240 e. The average molecular weight is 369 g/mol. The Bertz CT molecular complexity index is 907. The molecule has 1 aliphatic rings. The molecule has 3 heterocycles. The van der Waals surface area contributed by atoms with Gasteiger partial charge in [0.2, 0.25) is 11.0 Å². The molecule has 3 aromatic rings. The number of carbonyl (C=O) groups excluding carboxylic acids is 1. The Kier molecular flexibility index (Phi) is 4.72. The molecule has 1 aliphatic heterocycles. The van der Waals surface area contributed by atoms with Gasteiger partial charge in [-0.1, -0.05) is 23.0 Å². The number of hydrogen-bond donors (Lipinski definition) is 1. The molecule has 9 heteroatoms. The molecule has 4 rings (SSSR count). The van der Waals surface area contributed by atoms with Crippen molar-refractivity contribution >= 4 is 39.1 Å². The summed E-state index contributed by atoms with van der Waals surface area (Å²) in [5.41, 5.74) is 3.75. The molecule has 1 aromatic carbocycles. The van der Waals surface area contributed by atoms with Gasteiger partial charge in [-0.3, -0.25) is 15.0 Å². The third kappa shape index (κ3) is 3.63. The number of nitrogens with one attached hydrogen (secondary N) is 1. The largest absolute Gasteiger partial charge is 0.353 e. The minimum Gasteiger partial charge on any atom is -0.353 e. The highest BCUT2D eigenvalue weighted by molar-refractivity contribution is 7.13. The maximum atomic E-state index is 12.1. The van der Waals surface area contributed by atoms with Crippen molar-refractivity contribution in [3.63, 3.8) is 0 Å². The molecule has 0 spiro atoms. The molecule has 26 heavy (non-hydrogen) atoms. The van der Waals surface area contributed by atoms with Crippen molar-refractivity contribution < 1.29 is 4.79 Å². The number of amides is 1. The summed E-state index contributed by atoms with van der Waals surface area (Å²) in [4.78, 5) is 25.4. The van der Waals surface area contributed by atoms with Crippen molar-refractivity contribution in [1.29, 1.82) is 0 Å². The molecule has 0 radical (unpaired) electrons. The first-order valence-electron chi connectivity index (χ1n) is 8.44. The van der Waals surface area contributed by atoms with Crippen LogP contribution in [0.3, 0.4) is 0 Å². The van der Waals surface area contributed by atoms with Crippen LogP contribution in [0.5, 0.6) is 0 Å². The van der Waals surface area contributed by atoms with Crippen LogP contribution in [-0.2, 0) is 4.79 Å².